The van der Waals surface area contributed by atoms with E-state index in [1.807, 2.05) is 20.8 Å². The third kappa shape index (κ3) is 2.23. The zero-order valence-corrected chi connectivity index (χ0v) is 12.7. The maximum Gasteiger partial charge on any atom is 0.263 e. The molecule has 6 nitrogen and oxygen atoms in total. The van der Waals surface area contributed by atoms with Crippen LogP contribution in [0, 0.1) is 6.92 Å². The average molecular weight is 299 g/mol. The van der Waals surface area contributed by atoms with Crippen LogP contribution in [0.25, 0.3) is 11.5 Å². The van der Waals surface area contributed by atoms with Crippen molar-refractivity contribution in [1.82, 2.24) is 15.3 Å². The van der Waals surface area contributed by atoms with E-state index in [2.05, 4.69) is 15.3 Å². The lowest BCUT2D eigenvalue weighted by molar-refractivity contribution is 0.229. The summed E-state index contributed by atoms with van der Waals surface area (Å²) in [4.78, 5) is 4.45. The number of nitrogens with two attached hydrogens (primary N) is 1. The van der Waals surface area contributed by atoms with Crippen molar-refractivity contribution in [1.29, 1.82) is 0 Å². The van der Waals surface area contributed by atoms with Crippen molar-refractivity contribution < 1.29 is 9.05 Å². The minimum absolute atomic E-state index is 0. The highest BCUT2D eigenvalue weighted by molar-refractivity contribution is 5.85. The first-order chi connectivity index (χ1) is 9.01. The molecular formula is C13H19ClN4O2. The Balaban J connectivity index is 0.00000147. The molecular weight excluding hydrogens is 280 g/mol. The van der Waals surface area contributed by atoms with Gasteiger partial charge < -0.3 is 14.8 Å². The van der Waals surface area contributed by atoms with E-state index >= 15 is 0 Å². The second-order valence-electron chi connectivity index (χ2n) is 5.59. The van der Waals surface area contributed by atoms with E-state index in [-0.39, 0.29) is 18.3 Å². The summed E-state index contributed by atoms with van der Waals surface area (Å²) in [6, 6.07) is 0. The van der Waals surface area contributed by atoms with Gasteiger partial charge in [0.1, 0.15) is 5.56 Å². The van der Waals surface area contributed by atoms with Crippen LogP contribution >= 0.6 is 12.4 Å². The third-order valence-electron chi connectivity index (χ3n) is 3.74. The number of nitrogens with zero attached hydrogens (tertiary/aromatic N) is 3. The first kappa shape index (κ1) is 15.0. The summed E-state index contributed by atoms with van der Waals surface area (Å²) in [5, 5.41) is 8.01. The van der Waals surface area contributed by atoms with Crippen LogP contribution in [0.4, 0.5) is 0 Å². The first-order valence-corrected chi connectivity index (χ1v) is 6.61. The van der Waals surface area contributed by atoms with Gasteiger partial charge in [0.2, 0.25) is 0 Å². The molecule has 0 saturated heterocycles. The fraction of sp³-hybridized carbons (Fsp3) is 0.615. The van der Waals surface area contributed by atoms with Crippen LogP contribution in [0.1, 0.15) is 56.3 Å². The molecule has 1 fully saturated rings. The summed E-state index contributed by atoms with van der Waals surface area (Å²) in [7, 11) is 0. The lowest BCUT2D eigenvalue weighted by atomic mass is 9.77. The molecule has 2 aromatic rings. The van der Waals surface area contributed by atoms with Crippen LogP contribution in [0.3, 0.4) is 0 Å². The topological polar surface area (TPSA) is 91.0 Å². The molecule has 2 N–H and O–H groups in total. The fourth-order valence-corrected chi connectivity index (χ4v) is 2.35. The molecule has 0 radical (unpaired) electrons. The Kier molecular flexibility index (Phi) is 3.88. The summed E-state index contributed by atoms with van der Waals surface area (Å²) in [6.45, 7) is 5.95. The van der Waals surface area contributed by atoms with Gasteiger partial charge in [0, 0.05) is 5.92 Å². The van der Waals surface area contributed by atoms with Gasteiger partial charge in [-0.3, -0.25) is 0 Å². The Morgan fingerprint density at radius 3 is 2.45 bits per heavy atom. The molecule has 0 aromatic carbocycles. The molecule has 1 aliphatic rings. The Bertz CT molecular complexity index is 601. The highest BCUT2D eigenvalue weighted by Crippen LogP contribution is 2.38. The highest BCUT2D eigenvalue weighted by Gasteiger charge is 2.39. The second-order valence-corrected chi connectivity index (χ2v) is 5.59. The predicted octanol–water partition coefficient (Wildman–Crippen LogP) is 2.92. The van der Waals surface area contributed by atoms with Gasteiger partial charge in [-0.05, 0) is 26.2 Å². The van der Waals surface area contributed by atoms with Gasteiger partial charge in [-0.2, -0.15) is 4.98 Å². The van der Waals surface area contributed by atoms with Gasteiger partial charge in [0.25, 0.3) is 5.89 Å². The van der Waals surface area contributed by atoms with E-state index < -0.39 is 5.54 Å². The Hall–Kier alpha value is -1.40. The number of hydrogen-bond acceptors (Lipinski definition) is 6. The molecule has 0 unspecified atom stereocenters. The van der Waals surface area contributed by atoms with Gasteiger partial charge in [0.05, 0.1) is 11.2 Å². The van der Waals surface area contributed by atoms with Crippen molar-refractivity contribution >= 4 is 12.4 Å². The number of aryl methyl sites for hydroxylation is 1. The summed E-state index contributed by atoms with van der Waals surface area (Å²) in [6.07, 6.45) is 2.93. The van der Waals surface area contributed by atoms with Crippen LogP contribution in [0.15, 0.2) is 9.05 Å². The van der Waals surface area contributed by atoms with Crippen molar-refractivity contribution in [3.8, 4) is 11.5 Å². The molecule has 20 heavy (non-hydrogen) atoms. The van der Waals surface area contributed by atoms with Crippen molar-refractivity contribution in [2.45, 2.75) is 51.5 Å². The molecule has 0 spiro atoms. The quantitative estimate of drug-likeness (QED) is 0.937. The maximum absolute atomic E-state index is 6.20. The first-order valence-electron chi connectivity index (χ1n) is 6.61. The third-order valence-corrected chi connectivity index (χ3v) is 3.74. The molecule has 0 aliphatic heterocycles. The summed E-state index contributed by atoms with van der Waals surface area (Å²) < 4.78 is 10.7. The van der Waals surface area contributed by atoms with Crippen molar-refractivity contribution in [2.75, 3.05) is 0 Å². The lowest BCUT2D eigenvalue weighted by Gasteiger charge is -2.34. The molecule has 1 aliphatic carbocycles. The Morgan fingerprint density at radius 1 is 1.20 bits per heavy atom. The van der Waals surface area contributed by atoms with Crippen LogP contribution in [0.5, 0.6) is 0 Å². The largest absolute Gasteiger partial charge is 0.360 e. The lowest BCUT2D eigenvalue weighted by Crippen LogP contribution is -2.44. The summed E-state index contributed by atoms with van der Waals surface area (Å²) in [5.41, 5.74) is 7.36. The van der Waals surface area contributed by atoms with E-state index in [1.165, 1.54) is 0 Å². The highest BCUT2D eigenvalue weighted by atomic mass is 35.5. The molecule has 0 amide bonds. The zero-order chi connectivity index (χ0) is 13.6. The SMILES string of the molecule is Cc1noc(C(C)C)c1-c1nc(C2(N)CCC2)no1.Cl. The van der Waals surface area contributed by atoms with Gasteiger partial charge in [-0.15, -0.1) is 12.4 Å². The number of hydrogen-bond donors (Lipinski definition) is 1. The zero-order valence-electron chi connectivity index (χ0n) is 11.8. The molecule has 2 heterocycles. The van der Waals surface area contributed by atoms with E-state index in [0.29, 0.717) is 11.7 Å². The van der Waals surface area contributed by atoms with E-state index in [0.717, 1.165) is 36.3 Å². The molecule has 1 saturated carbocycles. The smallest absolute Gasteiger partial charge is 0.263 e. The van der Waals surface area contributed by atoms with E-state index in [9.17, 15) is 0 Å². The van der Waals surface area contributed by atoms with E-state index in [4.69, 9.17) is 14.8 Å². The number of aromatic nitrogens is 3. The normalized spacial score (nSPS) is 16.9. The molecule has 0 atom stereocenters. The Labute approximate surface area is 123 Å². The predicted molar refractivity (Wildman–Crippen MR) is 75.6 cm³/mol. The summed E-state index contributed by atoms with van der Waals surface area (Å²) in [5.74, 6) is 2.02. The summed E-state index contributed by atoms with van der Waals surface area (Å²) >= 11 is 0. The average Bonchev–Trinajstić information content (AvgIpc) is 2.91. The van der Waals surface area contributed by atoms with Crippen LogP contribution in [0.2, 0.25) is 0 Å². The molecule has 2 aromatic heterocycles. The molecule has 0 bridgehead atoms. The van der Waals surface area contributed by atoms with Crippen LogP contribution < -0.4 is 5.73 Å². The van der Waals surface area contributed by atoms with Gasteiger partial charge in [-0.1, -0.05) is 24.2 Å². The fourth-order valence-electron chi connectivity index (χ4n) is 2.35. The van der Waals surface area contributed by atoms with Gasteiger partial charge in [0.15, 0.2) is 11.6 Å². The van der Waals surface area contributed by atoms with Gasteiger partial charge in [-0.25, -0.2) is 0 Å². The van der Waals surface area contributed by atoms with Crippen LogP contribution in [-0.2, 0) is 5.54 Å². The maximum atomic E-state index is 6.20. The van der Waals surface area contributed by atoms with Crippen molar-refractivity contribution in [3.63, 3.8) is 0 Å². The van der Waals surface area contributed by atoms with E-state index in [1.54, 1.807) is 0 Å². The molecule has 3 rings (SSSR count). The minimum atomic E-state index is -0.412. The van der Waals surface area contributed by atoms with Gasteiger partial charge >= 0.3 is 0 Å². The molecule has 7 heteroatoms. The minimum Gasteiger partial charge on any atom is -0.360 e. The number of rotatable bonds is 3. The Morgan fingerprint density at radius 2 is 1.90 bits per heavy atom. The number of halogens is 1. The van der Waals surface area contributed by atoms with Crippen LogP contribution in [-0.4, -0.2) is 15.3 Å². The monoisotopic (exact) mass is 298 g/mol. The van der Waals surface area contributed by atoms with Crippen molar-refractivity contribution in [2.24, 2.45) is 5.73 Å². The molecule has 110 valence electrons. The standard InChI is InChI=1S/C13H18N4O2.ClH/c1-7(2)10-9(8(3)16-18-10)11-15-12(17-19-11)13(14)5-4-6-13;/h7H,4-6,14H2,1-3H3;1H. The van der Waals surface area contributed by atoms with Crippen molar-refractivity contribution in [3.05, 3.63) is 17.3 Å². The second kappa shape index (κ2) is 5.18.